The summed E-state index contributed by atoms with van der Waals surface area (Å²) in [6, 6.07) is 65.6. The molecule has 8 aromatic carbocycles. The third kappa shape index (κ3) is 6.11. The lowest BCUT2D eigenvalue weighted by Gasteiger charge is -2.29. The van der Waals surface area contributed by atoms with Gasteiger partial charge in [0.1, 0.15) is 0 Å². The molecule has 5 heteroatoms. The zero-order chi connectivity index (χ0) is 40.2. The van der Waals surface area contributed by atoms with Crippen LogP contribution < -0.4 is 14.7 Å². The van der Waals surface area contributed by atoms with E-state index in [0.29, 0.717) is 34.0 Å². The molecule has 60 heavy (non-hydrogen) atoms. The van der Waals surface area contributed by atoms with Gasteiger partial charge in [-0.15, -0.1) is 0 Å². The molecule has 0 spiro atoms. The van der Waals surface area contributed by atoms with Crippen molar-refractivity contribution in [3.8, 4) is 22.3 Å². The van der Waals surface area contributed by atoms with Crippen LogP contribution in [0.1, 0.15) is 27.1 Å². The monoisotopic (exact) mass is 773 g/mol. The molecular weight excluding hydrogens is 735 g/mol. The summed E-state index contributed by atoms with van der Waals surface area (Å²) in [5.41, 5.74) is 12.4. The maximum atomic E-state index is 14.3. The first-order valence-corrected chi connectivity index (χ1v) is 20.5. The summed E-state index contributed by atoms with van der Waals surface area (Å²) in [6.07, 6.45) is 7.94. The minimum Gasteiger partial charge on any atom is -0.314 e. The van der Waals surface area contributed by atoms with Crippen molar-refractivity contribution in [3.63, 3.8) is 0 Å². The number of carbonyl (C=O) groups is 2. The van der Waals surface area contributed by atoms with E-state index in [2.05, 4.69) is 131 Å². The third-order valence-corrected chi connectivity index (χ3v) is 12.1. The third-order valence-electron chi connectivity index (χ3n) is 12.1. The molecule has 0 bridgehead atoms. The van der Waals surface area contributed by atoms with E-state index < -0.39 is 0 Å². The molecule has 3 aliphatic rings. The maximum Gasteiger partial charge on any atom is 0.265 e. The molecule has 2 unspecified atom stereocenters. The summed E-state index contributed by atoms with van der Waals surface area (Å²) >= 11 is 0. The van der Waals surface area contributed by atoms with Gasteiger partial charge in [0.25, 0.3) is 11.8 Å². The van der Waals surface area contributed by atoms with E-state index >= 15 is 0 Å². The number of benzene rings is 8. The number of allylic oxidation sites excluding steroid dienone is 4. The Labute approximate surface area is 349 Å². The first-order chi connectivity index (χ1) is 29.6. The fourth-order valence-corrected chi connectivity index (χ4v) is 9.03. The van der Waals surface area contributed by atoms with E-state index in [9.17, 15) is 9.59 Å². The summed E-state index contributed by atoms with van der Waals surface area (Å²) in [5, 5.41) is 1.59. The summed E-state index contributed by atoms with van der Waals surface area (Å²) in [6.45, 7) is 0. The Hall–Kier alpha value is -7.76. The highest BCUT2D eigenvalue weighted by Crippen LogP contribution is 2.51. The van der Waals surface area contributed by atoms with Crippen molar-refractivity contribution in [2.75, 3.05) is 14.7 Å². The molecular formula is C55H39N3O2. The van der Waals surface area contributed by atoms with Crippen molar-refractivity contribution in [2.45, 2.75) is 6.42 Å². The Kier molecular flexibility index (Phi) is 8.59. The van der Waals surface area contributed by atoms with E-state index in [1.807, 2.05) is 91.0 Å². The van der Waals surface area contributed by atoms with Gasteiger partial charge in [0.15, 0.2) is 0 Å². The van der Waals surface area contributed by atoms with Crippen LogP contribution in [0.2, 0.25) is 0 Å². The Bertz CT molecular complexity index is 2920. The predicted octanol–water partition coefficient (Wildman–Crippen LogP) is 13.7. The number of rotatable bonds is 9. The van der Waals surface area contributed by atoms with Crippen molar-refractivity contribution < 1.29 is 9.59 Å². The average molecular weight is 774 g/mol. The van der Waals surface area contributed by atoms with Crippen LogP contribution in [0, 0.1) is 11.8 Å². The Balaban J connectivity index is 0.870. The number of anilines is 6. The second-order valence-electron chi connectivity index (χ2n) is 15.6. The summed E-state index contributed by atoms with van der Waals surface area (Å²) in [4.78, 5) is 34.5. The number of fused-ring (bicyclic) bond motifs is 1. The van der Waals surface area contributed by atoms with E-state index in [4.69, 9.17) is 0 Å². The zero-order valence-corrected chi connectivity index (χ0v) is 32.7. The van der Waals surface area contributed by atoms with Crippen LogP contribution in [0.3, 0.4) is 0 Å². The van der Waals surface area contributed by atoms with Gasteiger partial charge in [-0.05, 0) is 131 Å². The molecule has 8 aromatic rings. The molecule has 0 saturated heterocycles. The van der Waals surface area contributed by atoms with Crippen LogP contribution in [-0.2, 0) is 0 Å². The first-order valence-electron chi connectivity index (χ1n) is 20.5. The summed E-state index contributed by atoms with van der Waals surface area (Å²) in [7, 11) is 0. The molecule has 0 radical (unpaired) electrons. The lowest BCUT2D eigenvalue weighted by Crippen LogP contribution is -2.40. The topological polar surface area (TPSA) is 43.9 Å². The molecule has 0 aromatic heterocycles. The fraction of sp³-hybridized carbons (Fsp3) is 0.0545. The van der Waals surface area contributed by atoms with E-state index in [-0.39, 0.29) is 11.8 Å². The molecule has 5 nitrogen and oxygen atoms in total. The van der Waals surface area contributed by atoms with Gasteiger partial charge in [-0.25, -0.2) is 4.90 Å². The molecule has 1 heterocycles. The lowest BCUT2D eigenvalue weighted by molar-refractivity contribution is 0.0893. The minimum absolute atomic E-state index is 0.323. The molecule has 0 N–H and O–H groups in total. The molecule has 2 aliphatic carbocycles. The molecule has 11 rings (SSSR count). The molecule has 1 aliphatic heterocycles. The number of carbonyl (C=O) groups excluding carboxylic acids is 2. The maximum absolute atomic E-state index is 14.3. The average Bonchev–Trinajstić information content (AvgIpc) is 4.11. The molecule has 1 fully saturated rings. The molecule has 2 atom stereocenters. The smallest absolute Gasteiger partial charge is 0.265 e. The van der Waals surface area contributed by atoms with Crippen LogP contribution in [0.25, 0.3) is 33.0 Å². The van der Waals surface area contributed by atoms with Gasteiger partial charge in [-0.2, -0.15) is 0 Å². The van der Waals surface area contributed by atoms with E-state index in [1.165, 1.54) is 17.0 Å². The van der Waals surface area contributed by atoms with Crippen molar-refractivity contribution in [1.29, 1.82) is 0 Å². The quantitative estimate of drug-likeness (QED) is 0.137. The second-order valence-corrected chi connectivity index (χ2v) is 15.6. The van der Waals surface area contributed by atoms with Gasteiger partial charge in [-0.1, -0.05) is 121 Å². The highest BCUT2D eigenvalue weighted by molar-refractivity contribution is 6.36. The first kappa shape index (κ1) is 35.4. The predicted molar refractivity (Wildman–Crippen MR) is 244 cm³/mol. The van der Waals surface area contributed by atoms with Crippen LogP contribution in [0.4, 0.5) is 34.1 Å². The number of amides is 2. The molecule has 286 valence electrons. The Morgan fingerprint density at radius 3 is 1.52 bits per heavy atom. The highest BCUT2D eigenvalue weighted by atomic mass is 16.2. The van der Waals surface area contributed by atoms with Crippen LogP contribution >= 0.6 is 0 Å². The fourth-order valence-electron chi connectivity index (χ4n) is 9.03. The van der Waals surface area contributed by atoms with Crippen LogP contribution in [0.15, 0.2) is 218 Å². The number of nitrogens with zero attached hydrogens (tertiary/aromatic N) is 3. The van der Waals surface area contributed by atoms with Crippen molar-refractivity contribution in [3.05, 3.63) is 229 Å². The minimum atomic E-state index is -0.323. The van der Waals surface area contributed by atoms with Crippen molar-refractivity contribution in [1.82, 2.24) is 0 Å². The normalized spacial score (nSPS) is 16.3. The van der Waals surface area contributed by atoms with Gasteiger partial charge in [0.2, 0.25) is 0 Å². The van der Waals surface area contributed by atoms with Crippen LogP contribution in [0.5, 0.6) is 0 Å². The Morgan fingerprint density at radius 1 is 0.433 bits per heavy atom. The number of hydrogen-bond acceptors (Lipinski definition) is 4. The largest absolute Gasteiger partial charge is 0.314 e. The van der Waals surface area contributed by atoms with Gasteiger partial charge in [0.05, 0.1) is 5.69 Å². The van der Waals surface area contributed by atoms with Crippen LogP contribution in [-0.4, -0.2) is 11.8 Å². The summed E-state index contributed by atoms with van der Waals surface area (Å²) in [5.74, 6) is 0.515. The molecule has 1 saturated carbocycles. The standard InChI is InChI=1S/C55H39N3O2/c59-54-49-20-11-19-48-47(39-26-32-45(33-27-39)57(43-17-8-3-9-18-43)52-21-10-12-40-36-51(40)52)34-35-50(53(48)49)55(60)58(54)46-30-24-38(25-31-46)37-22-28-44(29-23-37)56(41-13-4-1-5-14-41)42-15-6-2-7-16-42/h1-35,40,51H,36H2. The van der Waals surface area contributed by atoms with Crippen molar-refractivity contribution in [2.24, 2.45) is 11.8 Å². The lowest BCUT2D eigenvalue weighted by atomic mass is 9.89. The Morgan fingerprint density at radius 2 is 0.917 bits per heavy atom. The summed E-state index contributed by atoms with van der Waals surface area (Å²) < 4.78 is 0. The number of para-hydroxylation sites is 3. The SMILES string of the molecule is O=C1c2cccc3c(-c4ccc(N(C5=CC=CC6CC56)c5ccccc5)cc4)ccc(c23)C(=O)N1c1ccc(-c2ccc(N(c3ccccc3)c3ccccc3)cc2)cc1. The second kappa shape index (κ2) is 14.6. The van der Waals surface area contributed by atoms with Gasteiger partial charge < -0.3 is 9.80 Å². The van der Waals surface area contributed by atoms with Gasteiger partial charge in [-0.3, -0.25) is 9.59 Å². The number of imide groups is 1. The van der Waals surface area contributed by atoms with Gasteiger partial charge in [0, 0.05) is 56.6 Å². The van der Waals surface area contributed by atoms with E-state index in [0.717, 1.165) is 56.1 Å². The zero-order valence-electron chi connectivity index (χ0n) is 32.7. The highest BCUT2D eigenvalue weighted by Gasteiger charge is 2.42. The van der Waals surface area contributed by atoms with Crippen molar-refractivity contribution >= 4 is 56.7 Å². The molecule has 2 amide bonds. The van der Waals surface area contributed by atoms with E-state index in [1.54, 1.807) is 0 Å². The number of hydrogen-bond donors (Lipinski definition) is 0. The van der Waals surface area contributed by atoms with Gasteiger partial charge >= 0.3 is 0 Å².